The summed E-state index contributed by atoms with van der Waals surface area (Å²) in [7, 11) is 1.72. The van der Waals surface area contributed by atoms with E-state index in [1.165, 1.54) is 16.7 Å². The highest BCUT2D eigenvalue weighted by molar-refractivity contribution is 5.79. The van der Waals surface area contributed by atoms with Crippen LogP contribution in [0.2, 0.25) is 0 Å². The number of amides is 1. The SMILES string of the molecule is CN=C(NCCNC(=O)OC(C)(C)C)NCc1ccc(C)cc1C. The topological polar surface area (TPSA) is 74.8 Å². The monoisotopic (exact) mass is 334 g/mol. The highest BCUT2D eigenvalue weighted by atomic mass is 16.6. The minimum Gasteiger partial charge on any atom is -0.444 e. The zero-order chi connectivity index (χ0) is 18.2. The standard InChI is InChI=1S/C18H30N4O2/c1-13-7-8-15(14(2)11-13)12-22-16(19-6)20-9-10-21-17(23)24-18(3,4)5/h7-8,11H,9-10,12H2,1-6H3,(H,21,23)(H2,19,20,22). The quantitative estimate of drug-likeness (QED) is 0.439. The molecule has 0 saturated heterocycles. The van der Waals surface area contributed by atoms with E-state index in [4.69, 9.17) is 4.74 Å². The first kappa shape index (κ1) is 19.8. The van der Waals surface area contributed by atoms with Crippen molar-refractivity contribution in [3.8, 4) is 0 Å². The number of hydrogen-bond acceptors (Lipinski definition) is 3. The van der Waals surface area contributed by atoms with Crippen LogP contribution >= 0.6 is 0 Å². The van der Waals surface area contributed by atoms with Gasteiger partial charge in [0.1, 0.15) is 5.60 Å². The smallest absolute Gasteiger partial charge is 0.407 e. The molecule has 6 nitrogen and oxygen atoms in total. The third-order valence-electron chi connectivity index (χ3n) is 3.25. The van der Waals surface area contributed by atoms with E-state index in [0.717, 1.165) is 0 Å². The first-order valence-electron chi connectivity index (χ1n) is 8.19. The molecule has 1 amide bonds. The van der Waals surface area contributed by atoms with E-state index in [0.29, 0.717) is 25.6 Å². The summed E-state index contributed by atoms with van der Waals surface area (Å²) < 4.78 is 5.18. The van der Waals surface area contributed by atoms with Gasteiger partial charge in [-0.3, -0.25) is 4.99 Å². The Bertz CT molecular complexity index is 577. The molecule has 1 aromatic rings. The van der Waals surface area contributed by atoms with Gasteiger partial charge in [0.15, 0.2) is 5.96 Å². The summed E-state index contributed by atoms with van der Waals surface area (Å²) >= 11 is 0. The van der Waals surface area contributed by atoms with Gasteiger partial charge in [0.2, 0.25) is 0 Å². The van der Waals surface area contributed by atoms with Crippen molar-refractivity contribution in [1.29, 1.82) is 0 Å². The molecule has 0 bridgehead atoms. The molecule has 0 radical (unpaired) electrons. The summed E-state index contributed by atoms with van der Waals surface area (Å²) in [5.74, 6) is 0.695. The minimum absolute atomic E-state index is 0.414. The molecular weight excluding hydrogens is 304 g/mol. The van der Waals surface area contributed by atoms with Gasteiger partial charge in [-0.15, -0.1) is 0 Å². The lowest BCUT2D eigenvalue weighted by atomic mass is 10.1. The second-order valence-electron chi connectivity index (χ2n) is 6.71. The molecule has 0 fully saturated rings. The fourth-order valence-electron chi connectivity index (χ4n) is 2.10. The average molecular weight is 334 g/mol. The predicted molar refractivity (Wildman–Crippen MR) is 98.4 cm³/mol. The summed E-state index contributed by atoms with van der Waals surface area (Å²) in [6, 6.07) is 6.39. The van der Waals surface area contributed by atoms with Gasteiger partial charge in [0, 0.05) is 26.7 Å². The van der Waals surface area contributed by atoms with Crippen molar-refractivity contribution in [2.24, 2.45) is 4.99 Å². The summed E-state index contributed by atoms with van der Waals surface area (Å²) in [5.41, 5.74) is 3.26. The molecule has 134 valence electrons. The van der Waals surface area contributed by atoms with Gasteiger partial charge in [-0.2, -0.15) is 0 Å². The Balaban J connectivity index is 2.32. The molecule has 0 aromatic heterocycles. The van der Waals surface area contributed by atoms with E-state index in [-0.39, 0.29) is 0 Å². The van der Waals surface area contributed by atoms with Crippen molar-refractivity contribution in [3.05, 3.63) is 34.9 Å². The summed E-state index contributed by atoms with van der Waals surface area (Å²) in [5, 5.41) is 9.13. The maximum absolute atomic E-state index is 11.5. The normalized spacial score (nSPS) is 11.8. The van der Waals surface area contributed by atoms with Gasteiger partial charge in [-0.05, 0) is 45.7 Å². The average Bonchev–Trinajstić information content (AvgIpc) is 2.46. The maximum atomic E-state index is 11.5. The van der Waals surface area contributed by atoms with Crippen LogP contribution < -0.4 is 16.0 Å². The van der Waals surface area contributed by atoms with Crippen LogP contribution in [0.25, 0.3) is 0 Å². The Kier molecular flexibility index (Phi) is 7.55. The number of benzene rings is 1. The minimum atomic E-state index is -0.485. The Labute approximate surface area is 145 Å². The van der Waals surface area contributed by atoms with E-state index in [1.54, 1.807) is 7.05 Å². The molecule has 0 spiro atoms. The van der Waals surface area contributed by atoms with Crippen LogP contribution in [0.15, 0.2) is 23.2 Å². The number of ether oxygens (including phenoxy) is 1. The first-order chi connectivity index (χ1) is 11.2. The molecular formula is C18H30N4O2. The van der Waals surface area contributed by atoms with E-state index in [9.17, 15) is 4.79 Å². The van der Waals surface area contributed by atoms with Gasteiger partial charge < -0.3 is 20.7 Å². The molecule has 3 N–H and O–H groups in total. The Morgan fingerprint density at radius 2 is 1.79 bits per heavy atom. The molecule has 0 aliphatic heterocycles. The van der Waals surface area contributed by atoms with Crippen LogP contribution in [0.4, 0.5) is 4.79 Å². The van der Waals surface area contributed by atoms with Crippen LogP contribution in [-0.4, -0.2) is 37.8 Å². The lowest BCUT2D eigenvalue weighted by Crippen LogP contribution is -2.42. The highest BCUT2D eigenvalue weighted by Gasteiger charge is 2.15. The van der Waals surface area contributed by atoms with Crippen LogP contribution in [0, 0.1) is 13.8 Å². The second kappa shape index (κ2) is 9.15. The fraction of sp³-hybridized carbons (Fsp3) is 0.556. The number of hydrogen-bond donors (Lipinski definition) is 3. The van der Waals surface area contributed by atoms with Gasteiger partial charge in [-0.1, -0.05) is 23.8 Å². The number of carbonyl (C=O) groups is 1. The molecule has 24 heavy (non-hydrogen) atoms. The van der Waals surface area contributed by atoms with Crippen molar-refractivity contribution >= 4 is 12.1 Å². The maximum Gasteiger partial charge on any atom is 0.407 e. The lowest BCUT2D eigenvalue weighted by molar-refractivity contribution is 0.0529. The summed E-state index contributed by atoms with van der Waals surface area (Å²) in [6.45, 7) is 11.4. The largest absolute Gasteiger partial charge is 0.444 e. The number of nitrogens with zero attached hydrogens (tertiary/aromatic N) is 1. The van der Waals surface area contributed by atoms with E-state index in [1.807, 2.05) is 20.8 Å². The molecule has 6 heteroatoms. The Morgan fingerprint density at radius 1 is 1.12 bits per heavy atom. The van der Waals surface area contributed by atoms with Gasteiger partial charge >= 0.3 is 6.09 Å². The number of rotatable bonds is 5. The molecule has 1 rings (SSSR count). The lowest BCUT2D eigenvalue weighted by Gasteiger charge is -2.20. The zero-order valence-electron chi connectivity index (χ0n) is 15.6. The fourth-order valence-corrected chi connectivity index (χ4v) is 2.10. The number of alkyl carbamates (subject to hydrolysis) is 1. The van der Waals surface area contributed by atoms with Gasteiger partial charge in [0.05, 0.1) is 0 Å². The molecule has 0 aliphatic rings. The van der Waals surface area contributed by atoms with E-state index in [2.05, 4.69) is 53.0 Å². The highest BCUT2D eigenvalue weighted by Crippen LogP contribution is 2.10. The third-order valence-corrected chi connectivity index (χ3v) is 3.25. The molecule has 0 unspecified atom stereocenters. The zero-order valence-corrected chi connectivity index (χ0v) is 15.6. The Hall–Kier alpha value is -2.24. The summed E-state index contributed by atoms with van der Waals surface area (Å²) in [6.07, 6.45) is -0.414. The Morgan fingerprint density at radius 3 is 2.38 bits per heavy atom. The van der Waals surface area contributed by atoms with E-state index >= 15 is 0 Å². The number of aliphatic imine (C=N–C) groups is 1. The van der Waals surface area contributed by atoms with Crippen molar-refractivity contribution in [1.82, 2.24) is 16.0 Å². The van der Waals surface area contributed by atoms with Crippen molar-refractivity contribution < 1.29 is 9.53 Å². The van der Waals surface area contributed by atoms with Crippen LogP contribution in [0.1, 0.15) is 37.5 Å². The third kappa shape index (κ3) is 7.85. The number of carbonyl (C=O) groups excluding carboxylic acids is 1. The molecule has 0 heterocycles. The van der Waals surface area contributed by atoms with Crippen LogP contribution in [0.3, 0.4) is 0 Å². The first-order valence-corrected chi connectivity index (χ1v) is 8.19. The predicted octanol–water partition coefficient (Wildman–Crippen LogP) is 2.49. The molecule has 0 saturated carbocycles. The molecule has 0 aliphatic carbocycles. The van der Waals surface area contributed by atoms with Crippen molar-refractivity contribution in [2.75, 3.05) is 20.1 Å². The van der Waals surface area contributed by atoms with Crippen LogP contribution in [-0.2, 0) is 11.3 Å². The molecule has 1 aromatic carbocycles. The van der Waals surface area contributed by atoms with Crippen molar-refractivity contribution in [3.63, 3.8) is 0 Å². The van der Waals surface area contributed by atoms with Gasteiger partial charge in [-0.25, -0.2) is 4.79 Å². The number of aryl methyl sites for hydroxylation is 2. The van der Waals surface area contributed by atoms with Crippen molar-refractivity contribution in [2.45, 2.75) is 46.8 Å². The number of guanidine groups is 1. The second-order valence-corrected chi connectivity index (χ2v) is 6.71. The number of nitrogens with one attached hydrogen (secondary N) is 3. The summed E-state index contributed by atoms with van der Waals surface area (Å²) in [4.78, 5) is 15.7. The van der Waals surface area contributed by atoms with E-state index < -0.39 is 11.7 Å². The van der Waals surface area contributed by atoms with Crippen LogP contribution in [0.5, 0.6) is 0 Å². The molecule has 0 atom stereocenters. The van der Waals surface area contributed by atoms with Gasteiger partial charge in [0.25, 0.3) is 0 Å².